The van der Waals surface area contributed by atoms with E-state index in [0.29, 0.717) is 26.3 Å². The third kappa shape index (κ3) is 3.71. The van der Waals surface area contributed by atoms with Crippen LogP contribution < -0.4 is 0 Å². The molecular formula is C8H13NO5. The van der Waals surface area contributed by atoms with Crippen LogP contribution in [0.4, 0.5) is 0 Å². The van der Waals surface area contributed by atoms with E-state index in [1.807, 2.05) is 0 Å². The molecule has 0 atom stereocenters. The van der Waals surface area contributed by atoms with Crippen LogP contribution in [0.3, 0.4) is 0 Å². The number of morpholine rings is 1. The van der Waals surface area contributed by atoms with Crippen molar-refractivity contribution in [3.8, 4) is 0 Å². The minimum absolute atomic E-state index is 0.353. The van der Waals surface area contributed by atoms with Crippen LogP contribution in [0.25, 0.3) is 0 Å². The van der Waals surface area contributed by atoms with Crippen LogP contribution in [-0.2, 0) is 23.9 Å². The number of methoxy groups -OCH3 is 1. The van der Waals surface area contributed by atoms with Crippen molar-refractivity contribution < 1.29 is 23.9 Å². The fraction of sp³-hybridized carbons (Fsp3) is 0.750. The number of carbonyl (C=O) groups excluding carboxylic acids is 2. The van der Waals surface area contributed by atoms with Crippen molar-refractivity contribution in [3.63, 3.8) is 0 Å². The summed E-state index contributed by atoms with van der Waals surface area (Å²) in [5.41, 5.74) is 0. The molecule has 1 aliphatic rings. The molecule has 0 N–H and O–H groups in total. The molecule has 6 nitrogen and oxygen atoms in total. The molecule has 0 spiro atoms. The number of hydrogen-bond acceptors (Lipinski definition) is 6. The number of nitrogens with zero attached hydrogens (tertiary/aromatic N) is 1. The molecule has 14 heavy (non-hydrogen) atoms. The maximum Gasteiger partial charge on any atom is 0.336 e. The van der Waals surface area contributed by atoms with Gasteiger partial charge in [-0.15, -0.1) is 5.06 Å². The van der Waals surface area contributed by atoms with Crippen LogP contribution in [0.2, 0.25) is 0 Å². The number of ether oxygens (including phenoxy) is 2. The smallest absolute Gasteiger partial charge is 0.336 e. The number of esters is 1. The first-order valence-electron chi connectivity index (χ1n) is 4.32. The molecule has 1 aliphatic heterocycles. The molecule has 0 radical (unpaired) electrons. The fourth-order valence-corrected chi connectivity index (χ4v) is 1.00. The van der Waals surface area contributed by atoms with E-state index in [1.54, 1.807) is 0 Å². The van der Waals surface area contributed by atoms with E-state index in [0.717, 1.165) is 0 Å². The Kier molecular flexibility index (Phi) is 4.34. The summed E-state index contributed by atoms with van der Waals surface area (Å²) in [6.45, 7) is 2.14. The standard InChI is InChI=1S/C8H13NO5/c1-12-7(10)6-8(11)14-9-2-4-13-5-3-9/h2-6H2,1H3. The maximum atomic E-state index is 11.1. The quantitative estimate of drug-likeness (QED) is 0.448. The van der Waals surface area contributed by atoms with Gasteiger partial charge in [0.15, 0.2) is 0 Å². The predicted molar refractivity (Wildman–Crippen MR) is 45.1 cm³/mol. The normalized spacial score (nSPS) is 17.5. The molecule has 0 bridgehead atoms. The Labute approximate surface area is 81.7 Å². The molecule has 0 aromatic carbocycles. The average molecular weight is 203 g/mol. The van der Waals surface area contributed by atoms with Gasteiger partial charge in [-0.3, -0.25) is 4.79 Å². The van der Waals surface area contributed by atoms with Gasteiger partial charge in [-0.2, -0.15) is 0 Å². The molecule has 0 aliphatic carbocycles. The summed E-state index contributed by atoms with van der Waals surface area (Å²) in [7, 11) is 1.23. The summed E-state index contributed by atoms with van der Waals surface area (Å²) < 4.78 is 9.39. The van der Waals surface area contributed by atoms with Gasteiger partial charge in [-0.05, 0) is 0 Å². The topological polar surface area (TPSA) is 65.1 Å². The molecule has 0 aromatic heterocycles. The maximum absolute atomic E-state index is 11.1. The first-order valence-corrected chi connectivity index (χ1v) is 4.32. The highest BCUT2D eigenvalue weighted by molar-refractivity contribution is 5.90. The van der Waals surface area contributed by atoms with Crippen LogP contribution in [0, 0.1) is 0 Å². The van der Waals surface area contributed by atoms with E-state index in [2.05, 4.69) is 4.74 Å². The van der Waals surface area contributed by atoms with Crippen LogP contribution in [0.15, 0.2) is 0 Å². The summed E-state index contributed by atoms with van der Waals surface area (Å²) in [5, 5.41) is 1.48. The lowest BCUT2D eigenvalue weighted by atomic mass is 10.4. The van der Waals surface area contributed by atoms with Crippen molar-refractivity contribution in [3.05, 3.63) is 0 Å². The van der Waals surface area contributed by atoms with Gasteiger partial charge < -0.3 is 14.3 Å². The van der Waals surface area contributed by atoms with Gasteiger partial charge in [0.1, 0.15) is 6.42 Å². The fourth-order valence-electron chi connectivity index (χ4n) is 1.00. The zero-order valence-corrected chi connectivity index (χ0v) is 8.02. The van der Waals surface area contributed by atoms with Crippen molar-refractivity contribution in [1.82, 2.24) is 5.06 Å². The average Bonchev–Trinajstić information content (AvgIpc) is 2.19. The molecule has 1 fully saturated rings. The summed E-state index contributed by atoms with van der Waals surface area (Å²) in [6.07, 6.45) is -0.353. The second-order valence-corrected chi connectivity index (χ2v) is 2.76. The van der Waals surface area contributed by atoms with Crippen LogP contribution >= 0.6 is 0 Å². The van der Waals surface area contributed by atoms with Gasteiger partial charge in [-0.1, -0.05) is 0 Å². The largest absolute Gasteiger partial charge is 0.469 e. The SMILES string of the molecule is COC(=O)CC(=O)ON1CCOCC1. The van der Waals surface area contributed by atoms with Gasteiger partial charge in [0, 0.05) is 0 Å². The molecule has 1 rings (SSSR count). The summed E-state index contributed by atoms with van der Waals surface area (Å²) in [5.74, 6) is -1.19. The first-order chi connectivity index (χ1) is 6.72. The Hall–Kier alpha value is -1.14. The summed E-state index contributed by atoms with van der Waals surface area (Å²) in [4.78, 5) is 26.7. The van der Waals surface area contributed by atoms with E-state index in [1.165, 1.54) is 12.2 Å². The monoisotopic (exact) mass is 203 g/mol. The van der Waals surface area contributed by atoms with Crippen LogP contribution in [0.5, 0.6) is 0 Å². The number of hydroxylamine groups is 2. The summed E-state index contributed by atoms with van der Waals surface area (Å²) in [6, 6.07) is 0. The highest BCUT2D eigenvalue weighted by Crippen LogP contribution is 2.00. The minimum atomic E-state index is -0.598. The van der Waals surface area contributed by atoms with E-state index in [4.69, 9.17) is 9.57 Å². The molecule has 1 heterocycles. The van der Waals surface area contributed by atoms with Crippen molar-refractivity contribution in [1.29, 1.82) is 0 Å². The van der Waals surface area contributed by atoms with E-state index >= 15 is 0 Å². The molecule has 80 valence electrons. The molecule has 0 unspecified atom stereocenters. The molecule has 1 saturated heterocycles. The Morgan fingerprint density at radius 3 is 2.50 bits per heavy atom. The van der Waals surface area contributed by atoms with Crippen molar-refractivity contribution in [2.75, 3.05) is 33.4 Å². The van der Waals surface area contributed by atoms with E-state index in [9.17, 15) is 9.59 Å². The van der Waals surface area contributed by atoms with E-state index in [-0.39, 0.29) is 6.42 Å². The minimum Gasteiger partial charge on any atom is -0.469 e. The number of carbonyl (C=O) groups is 2. The Balaban J connectivity index is 2.21. The van der Waals surface area contributed by atoms with E-state index < -0.39 is 11.9 Å². The molecule has 0 saturated carbocycles. The Morgan fingerprint density at radius 1 is 1.29 bits per heavy atom. The Bertz CT molecular complexity index is 212. The third-order valence-electron chi connectivity index (χ3n) is 1.72. The lowest BCUT2D eigenvalue weighted by Crippen LogP contribution is -2.38. The predicted octanol–water partition coefficient (Wildman–Crippen LogP) is -0.660. The van der Waals surface area contributed by atoms with Crippen molar-refractivity contribution in [2.45, 2.75) is 6.42 Å². The lowest BCUT2D eigenvalue weighted by molar-refractivity contribution is -0.206. The van der Waals surface area contributed by atoms with Gasteiger partial charge >= 0.3 is 11.9 Å². The second-order valence-electron chi connectivity index (χ2n) is 2.76. The number of hydrogen-bond donors (Lipinski definition) is 0. The van der Waals surface area contributed by atoms with Gasteiger partial charge in [0.05, 0.1) is 33.4 Å². The highest BCUT2D eigenvalue weighted by Gasteiger charge is 2.17. The highest BCUT2D eigenvalue weighted by atomic mass is 16.7. The third-order valence-corrected chi connectivity index (χ3v) is 1.72. The lowest BCUT2D eigenvalue weighted by Gasteiger charge is -2.24. The van der Waals surface area contributed by atoms with Gasteiger partial charge in [0.25, 0.3) is 0 Å². The number of rotatable bonds is 3. The van der Waals surface area contributed by atoms with Crippen molar-refractivity contribution in [2.24, 2.45) is 0 Å². The molecule has 6 heteroatoms. The second kappa shape index (κ2) is 5.56. The zero-order chi connectivity index (χ0) is 10.4. The zero-order valence-electron chi connectivity index (χ0n) is 8.02. The molecular weight excluding hydrogens is 190 g/mol. The van der Waals surface area contributed by atoms with Gasteiger partial charge in [-0.25, -0.2) is 4.79 Å². The van der Waals surface area contributed by atoms with Crippen LogP contribution in [0.1, 0.15) is 6.42 Å². The van der Waals surface area contributed by atoms with Gasteiger partial charge in [0.2, 0.25) is 0 Å². The summed E-state index contributed by atoms with van der Waals surface area (Å²) >= 11 is 0. The van der Waals surface area contributed by atoms with Crippen LogP contribution in [-0.4, -0.2) is 50.4 Å². The molecule has 0 aromatic rings. The Morgan fingerprint density at radius 2 is 1.93 bits per heavy atom. The molecule has 0 amide bonds. The first kappa shape index (κ1) is 10.9. The van der Waals surface area contributed by atoms with Crippen molar-refractivity contribution >= 4 is 11.9 Å².